The molecule has 9 heteroatoms. The fourth-order valence-corrected chi connectivity index (χ4v) is 7.15. The van der Waals surface area contributed by atoms with Crippen LogP contribution in [0, 0.1) is 0 Å². The number of hydrogen-bond acceptors (Lipinski definition) is 9. The van der Waals surface area contributed by atoms with Crippen LogP contribution in [-0.4, -0.2) is 33.3 Å². The highest BCUT2D eigenvalue weighted by Crippen LogP contribution is 2.33. The Hall–Kier alpha value is -6.87. The van der Waals surface area contributed by atoms with E-state index in [0.717, 1.165) is 33.9 Å². The van der Waals surface area contributed by atoms with Crippen LogP contribution < -0.4 is 28.4 Å². The maximum absolute atomic E-state index is 6.23. The number of nitrogens with zero attached hydrogens (tertiary/aromatic N) is 3. The first-order chi connectivity index (χ1) is 30.3. The smallest absolute Gasteiger partial charge is 0.331 e. The molecule has 0 radical (unpaired) electrons. The Bertz CT molecular complexity index is 2210. The highest BCUT2D eigenvalue weighted by atomic mass is 16.5. The van der Waals surface area contributed by atoms with Crippen molar-refractivity contribution in [1.82, 2.24) is 15.0 Å². The third-order valence-corrected chi connectivity index (χ3v) is 10.6. The fraction of sp³-hybridized carbons (Fsp3) is 0.278. The molecule has 7 aromatic rings. The van der Waals surface area contributed by atoms with Gasteiger partial charge in [-0.3, -0.25) is 0 Å². The van der Waals surface area contributed by atoms with Crippen molar-refractivity contribution in [2.45, 2.75) is 98.4 Å². The first-order valence-corrected chi connectivity index (χ1v) is 21.7. The quantitative estimate of drug-likeness (QED) is 0.0837. The highest BCUT2D eigenvalue weighted by Gasteiger charge is 2.17. The topological polar surface area (TPSA) is 94.1 Å². The van der Waals surface area contributed by atoms with Crippen LogP contribution in [0.25, 0.3) is 0 Å². The lowest BCUT2D eigenvalue weighted by Gasteiger charge is -2.16. The number of rotatable bonds is 18. The summed E-state index contributed by atoms with van der Waals surface area (Å²) in [5.74, 6) is 4.70. The van der Waals surface area contributed by atoms with Crippen LogP contribution in [0.1, 0.15) is 113 Å². The van der Waals surface area contributed by atoms with Crippen molar-refractivity contribution in [2.75, 3.05) is 0 Å². The standard InChI is InChI=1S/C54H57N3O6/c1-34(2)58-46-22-10-40(11-23-46)37(7)43-16-28-49(29-17-43)61-52-55-53(62-50-30-18-44(19-31-50)38(8)41-12-24-47(25-13-41)59-35(3)4)57-54(56-52)63-51-32-20-45(21-33-51)39(9)42-14-26-48(27-15-42)60-36(5)6/h10-39H,1-9H3. The molecule has 0 spiro atoms. The van der Waals surface area contributed by atoms with Gasteiger partial charge in [0.15, 0.2) is 0 Å². The van der Waals surface area contributed by atoms with E-state index < -0.39 is 0 Å². The molecule has 1 aromatic heterocycles. The maximum atomic E-state index is 6.23. The molecule has 0 saturated carbocycles. The third-order valence-electron chi connectivity index (χ3n) is 10.6. The summed E-state index contributed by atoms with van der Waals surface area (Å²) in [6.07, 6.45) is 0.367. The summed E-state index contributed by atoms with van der Waals surface area (Å²) in [6.45, 7) is 18.7. The van der Waals surface area contributed by atoms with E-state index in [9.17, 15) is 0 Å². The Kier molecular flexibility index (Phi) is 14.3. The van der Waals surface area contributed by atoms with Gasteiger partial charge in [0.25, 0.3) is 0 Å². The molecule has 1 heterocycles. The maximum Gasteiger partial charge on any atom is 0.331 e. The van der Waals surface area contributed by atoms with Gasteiger partial charge in [0, 0.05) is 17.8 Å². The lowest BCUT2D eigenvalue weighted by molar-refractivity contribution is 0.242. The van der Waals surface area contributed by atoms with E-state index in [2.05, 4.69) is 72.1 Å². The monoisotopic (exact) mass is 843 g/mol. The number of aromatic nitrogens is 3. The lowest BCUT2D eigenvalue weighted by atomic mass is 9.93. The fourth-order valence-electron chi connectivity index (χ4n) is 7.15. The van der Waals surface area contributed by atoms with E-state index in [-0.39, 0.29) is 54.1 Å². The molecule has 7 rings (SSSR count). The predicted octanol–water partition coefficient (Wildman–Crippen LogP) is 14.1. The zero-order valence-electron chi connectivity index (χ0n) is 37.6. The summed E-state index contributed by atoms with van der Waals surface area (Å²) in [4.78, 5) is 13.6. The molecule has 324 valence electrons. The van der Waals surface area contributed by atoms with Crippen molar-refractivity contribution < 1.29 is 28.4 Å². The Morgan fingerprint density at radius 1 is 0.254 bits per heavy atom. The minimum absolute atomic E-state index is 0.0295. The predicted molar refractivity (Wildman–Crippen MR) is 249 cm³/mol. The number of hydrogen-bond donors (Lipinski definition) is 0. The van der Waals surface area contributed by atoms with Crippen LogP contribution in [0.4, 0.5) is 0 Å². The molecule has 0 N–H and O–H groups in total. The molecule has 0 aliphatic carbocycles. The van der Waals surface area contributed by atoms with Gasteiger partial charge in [-0.25, -0.2) is 0 Å². The molecule has 0 aliphatic heterocycles. The molecule has 0 bridgehead atoms. The summed E-state index contributed by atoms with van der Waals surface area (Å²) < 4.78 is 36.2. The molecule has 9 nitrogen and oxygen atoms in total. The van der Waals surface area contributed by atoms with Crippen molar-refractivity contribution in [3.05, 3.63) is 179 Å². The molecule has 0 fully saturated rings. The Labute approximate surface area is 372 Å². The van der Waals surface area contributed by atoms with Gasteiger partial charge in [-0.1, -0.05) is 93.6 Å². The van der Waals surface area contributed by atoms with Crippen LogP contribution in [0.15, 0.2) is 146 Å². The second-order valence-corrected chi connectivity index (χ2v) is 16.6. The van der Waals surface area contributed by atoms with Crippen LogP contribution in [0.5, 0.6) is 52.5 Å². The van der Waals surface area contributed by atoms with Gasteiger partial charge in [0.2, 0.25) is 0 Å². The van der Waals surface area contributed by atoms with Crippen molar-refractivity contribution in [3.8, 4) is 52.5 Å². The molecule has 0 amide bonds. The van der Waals surface area contributed by atoms with E-state index in [1.807, 2.05) is 151 Å². The van der Waals surface area contributed by atoms with E-state index >= 15 is 0 Å². The third kappa shape index (κ3) is 12.2. The van der Waals surface area contributed by atoms with Crippen LogP contribution in [-0.2, 0) is 0 Å². The summed E-state index contributed by atoms with van der Waals surface area (Å²) >= 11 is 0. The average molecular weight is 844 g/mol. The Morgan fingerprint density at radius 3 is 0.603 bits per heavy atom. The van der Waals surface area contributed by atoms with Gasteiger partial charge >= 0.3 is 18.0 Å². The van der Waals surface area contributed by atoms with Gasteiger partial charge in [-0.15, -0.1) is 15.0 Å². The Morgan fingerprint density at radius 2 is 0.429 bits per heavy atom. The van der Waals surface area contributed by atoms with E-state index in [1.165, 1.54) is 16.7 Å². The molecule has 0 aliphatic rings. The normalized spacial score (nSPS) is 12.8. The van der Waals surface area contributed by atoms with Gasteiger partial charge in [0.1, 0.15) is 34.5 Å². The average Bonchev–Trinajstić information content (AvgIpc) is 3.27. The van der Waals surface area contributed by atoms with Gasteiger partial charge in [-0.05, 0) is 148 Å². The number of ether oxygens (including phenoxy) is 6. The SMILES string of the molecule is CC(C)Oc1ccc(C(C)c2ccc(Oc3nc(Oc4ccc(C(C)c5ccc(OC(C)C)cc5)cc4)nc(Oc4ccc(C(C)c5ccc(OC(C)C)cc5)cc4)n3)cc2)cc1. The minimum Gasteiger partial charge on any atom is -0.491 e. The van der Waals surface area contributed by atoms with Gasteiger partial charge < -0.3 is 28.4 Å². The van der Waals surface area contributed by atoms with Crippen LogP contribution in [0.2, 0.25) is 0 Å². The molecule has 6 aromatic carbocycles. The highest BCUT2D eigenvalue weighted by molar-refractivity contribution is 5.42. The Balaban J connectivity index is 1.09. The number of benzene rings is 6. The van der Waals surface area contributed by atoms with Crippen molar-refractivity contribution in [1.29, 1.82) is 0 Å². The second-order valence-electron chi connectivity index (χ2n) is 16.6. The van der Waals surface area contributed by atoms with Crippen molar-refractivity contribution in [3.63, 3.8) is 0 Å². The van der Waals surface area contributed by atoms with Crippen LogP contribution >= 0.6 is 0 Å². The second kappa shape index (κ2) is 20.3. The van der Waals surface area contributed by atoms with E-state index in [0.29, 0.717) is 17.2 Å². The summed E-state index contributed by atoms with van der Waals surface area (Å²) in [5, 5.41) is 0. The summed E-state index contributed by atoms with van der Waals surface area (Å²) in [6, 6.07) is 48.5. The lowest BCUT2D eigenvalue weighted by Crippen LogP contribution is -2.05. The largest absolute Gasteiger partial charge is 0.491 e. The minimum atomic E-state index is 0.0295. The van der Waals surface area contributed by atoms with E-state index in [1.54, 1.807) is 0 Å². The molecular formula is C54H57N3O6. The summed E-state index contributed by atoms with van der Waals surface area (Å²) in [7, 11) is 0. The van der Waals surface area contributed by atoms with Crippen LogP contribution in [0.3, 0.4) is 0 Å². The molecule has 63 heavy (non-hydrogen) atoms. The zero-order valence-corrected chi connectivity index (χ0v) is 37.6. The molecule has 3 atom stereocenters. The first kappa shape index (κ1) is 44.2. The first-order valence-electron chi connectivity index (χ1n) is 21.7. The molecule has 0 saturated heterocycles. The van der Waals surface area contributed by atoms with Crippen molar-refractivity contribution in [2.24, 2.45) is 0 Å². The molecule has 3 unspecified atom stereocenters. The van der Waals surface area contributed by atoms with E-state index in [4.69, 9.17) is 28.4 Å². The summed E-state index contributed by atoms with van der Waals surface area (Å²) in [5.41, 5.74) is 6.95. The van der Waals surface area contributed by atoms with Gasteiger partial charge in [-0.2, -0.15) is 0 Å². The zero-order chi connectivity index (χ0) is 44.5. The van der Waals surface area contributed by atoms with Crippen molar-refractivity contribution >= 4 is 0 Å². The van der Waals surface area contributed by atoms with Gasteiger partial charge in [0.05, 0.1) is 18.3 Å². The molecular weight excluding hydrogens is 787 g/mol.